The molecular formula is C23H28N4O5. The number of benzene rings is 2. The smallest absolute Gasteiger partial charge is 0.241 e. The van der Waals surface area contributed by atoms with Crippen LogP contribution in [-0.2, 0) is 14.3 Å². The molecule has 0 aromatic heterocycles. The monoisotopic (exact) mass is 440 g/mol. The zero-order chi connectivity index (χ0) is 22.5. The molecule has 0 bridgehead atoms. The predicted molar refractivity (Wildman–Crippen MR) is 121 cm³/mol. The number of hydrogen-bond acceptors (Lipinski definition) is 7. The van der Waals surface area contributed by atoms with Crippen molar-refractivity contribution >= 4 is 28.9 Å². The first-order valence-electron chi connectivity index (χ1n) is 10.6. The molecule has 0 unspecified atom stereocenters. The van der Waals surface area contributed by atoms with E-state index in [0.717, 1.165) is 37.7 Å². The van der Waals surface area contributed by atoms with Crippen LogP contribution in [0.4, 0.5) is 17.1 Å². The molecule has 0 spiro atoms. The second-order valence-corrected chi connectivity index (χ2v) is 7.84. The number of ether oxygens (including phenoxy) is 3. The molecule has 170 valence electrons. The van der Waals surface area contributed by atoms with Crippen molar-refractivity contribution in [2.45, 2.75) is 13.0 Å². The normalized spacial score (nSPS) is 16.0. The van der Waals surface area contributed by atoms with Gasteiger partial charge in [0.15, 0.2) is 11.5 Å². The van der Waals surface area contributed by atoms with Crippen molar-refractivity contribution in [2.24, 2.45) is 0 Å². The van der Waals surface area contributed by atoms with Gasteiger partial charge in [-0.25, -0.2) is 0 Å². The summed E-state index contributed by atoms with van der Waals surface area (Å²) in [6.07, 6.45) is 0. The molecule has 2 aromatic carbocycles. The van der Waals surface area contributed by atoms with Crippen LogP contribution in [0.3, 0.4) is 0 Å². The number of amides is 2. The van der Waals surface area contributed by atoms with E-state index in [4.69, 9.17) is 14.2 Å². The van der Waals surface area contributed by atoms with Gasteiger partial charge in [0.05, 0.1) is 25.8 Å². The Hall–Kier alpha value is -3.30. The van der Waals surface area contributed by atoms with Gasteiger partial charge >= 0.3 is 0 Å². The number of carbonyl (C=O) groups is 2. The number of nitrogens with zero attached hydrogens (tertiary/aromatic N) is 2. The van der Waals surface area contributed by atoms with Crippen molar-refractivity contribution in [2.75, 3.05) is 62.2 Å². The van der Waals surface area contributed by atoms with Crippen molar-refractivity contribution in [1.29, 1.82) is 0 Å². The van der Waals surface area contributed by atoms with Crippen LogP contribution in [0.25, 0.3) is 0 Å². The van der Waals surface area contributed by atoms with Gasteiger partial charge in [-0.1, -0.05) is 0 Å². The van der Waals surface area contributed by atoms with Gasteiger partial charge in [-0.2, -0.15) is 0 Å². The maximum Gasteiger partial charge on any atom is 0.241 e. The molecule has 2 amide bonds. The molecule has 32 heavy (non-hydrogen) atoms. The number of rotatable bonds is 7. The van der Waals surface area contributed by atoms with Gasteiger partial charge in [-0.05, 0) is 50.4 Å². The highest BCUT2D eigenvalue weighted by molar-refractivity contribution is 5.96. The van der Waals surface area contributed by atoms with Crippen molar-refractivity contribution in [3.05, 3.63) is 42.5 Å². The molecule has 2 aromatic rings. The van der Waals surface area contributed by atoms with Crippen LogP contribution >= 0.6 is 0 Å². The Balaban J connectivity index is 1.26. The molecule has 1 fully saturated rings. The lowest BCUT2D eigenvalue weighted by Gasteiger charge is -2.29. The number of hydrogen-bond donors (Lipinski definition) is 2. The Morgan fingerprint density at radius 3 is 2.44 bits per heavy atom. The number of nitrogens with one attached hydrogen (secondary N) is 2. The summed E-state index contributed by atoms with van der Waals surface area (Å²) in [7, 11) is 1.74. The fraction of sp³-hybridized carbons (Fsp3) is 0.391. The Bertz CT molecular complexity index is 959. The SMILES string of the molecule is C[C@H](C(=O)Nc1ccc2c(c1)OCO2)N(C)CC(=O)Nc1ccc(N2CCOCC2)cc1. The van der Waals surface area contributed by atoms with Crippen LogP contribution in [0.1, 0.15) is 6.92 Å². The van der Waals surface area contributed by atoms with Crippen LogP contribution < -0.4 is 25.0 Å². The largest absolute Gasteiger partial charge is 0.454 e. The van der Waals surface area contributed by atoms with E-state index in [9.17, 15) is 9.59 Å². The lowest BCUT2D eigenvalue weighted by atomic mass is 10.2. The number of anilines is 3. The van der Waals surface area contributed by atoms with E-state index in [1.54, 1.807) is 37.1 Å². The van der Waals surface area contributed by atoms with Crippen molar-refractivity contribution in [1.82, 2.24) is 4.90 Å². The second kappa shape index (κ2) is 9.88. The highest BCUT2D eigenvalue weighted by atomic mass is 16.7. The molecule has 2 aliphatic heterocycles. The summed E-state index contributed by atoms with van der Waals surface area (Å²) in [4.78, 5) is 29.0. The maximum atomic E-state index is 12.6. The standard InChI is InChI=1S/C23H28N4O5/c1-16(23(29)25-18-5-8-20-21(13-18)32-15-31-20)26(2)14-22(28)24-17-3-6-19(7-4-17)27-9-11-30-12-10-27/h3-8,13,16H,9-12,14-15H2,1-2H3,(H,24,28)(H,25,29)/t16-/m1/s1. The summed E-state index contributed by atoms with van der Waals surface area (Å²) in [5, 5.41) is 5.74. The Morgan fingerprint density at radius 1 is 1.00 bits per heavy atom. The number of fused-ring (bicyclic) bond motifs is 1. The average Bonchev–Trinajstić information content (AvgIpc) is 3.27. The van der Waals surface area contributed by atoms with Gasteiger partial charge in [0.1, 0.15) is 0 Å². The van der Waals surface area contributed by atoms with Crippen LogP contribution in [0.2, 0.25) is 0 Å². The lowest BCUT2D eigenvalue weighted by molar-refractivity contribution is -0.122. The quantitative estimate of drug-likeness (QED) is 0.682. The fourth-order valence-electron chi connectivity index (χ4n) is 3.56. The van der Waals surface area contributed by atoms with Gasteiger partial charge in [-0.15, -0.1) is 0 Å². The van der Waals surface area contributed by atoms with Gasteiger partial charge in [0, 0.05) is 36.2 Å². The van der Waals surface area contributed by atoms with E-state index in [1.807, 2.05) is 24.3 Å². The third kappa shape index (κ3) is 5.30. The van der Waals surface area contributed by atoms with E-state index in [2.05, 4.69) is 15.5 Å². The highest BCUT2D eigenvalue weighted by Crippen LogP contribution is 2.34. The Morgan fingerprint density at radius 2 is 1.69 bits per heavy atom. The molecule has 0 radical (unpaired) electrons. The van der Waals surface area contributed by atoms with Gasteiger partial charge in [0.2, 0.25) is 18.6 Å². The molecule has 1 atom stereocenters. The van der Waals surface area contributed by atoms with Crippen molar-refractivity contribution < 1.29 is 23.8 Å². The summed E-state index contributed by atoms with van der Waals surface area (Å²) in [6.45, 7) is 5.20. The first-order chi connectivity index (χ1) is 15.5. The van der Waals surface area contributed by atoms with Crippen LogP contribution in [0, 0.1) is 0 Å². The van der Waals surface area contributed by atoms with E-state index >= 15 is 0 Å². The fourth-order valence-corrected chi connectivity index (χ4v) is 3.56. The molecule has 1 saturated heterocycles. The molecule has 0 aliphatic carbocycles. The summed E-state index contributed by atoms with van der Waals surface area (Å²) >= 11 is 0. The van der Waals surface area contributed by atoms with Crippen LogP contribution in [0.15, 0.2) is 42.5 Å². The molecule has 2 heterocycles. The first kappa shape index (κ1) is 21.9. The molecule has 2 N–H and O–H groups in total. The van der Waals surface area contributed by atoms with Crippen LogP contribution in [0.5, 0.6) is 11.5 Å². The zero-order valence-corrected chi connectivity index (χ0v) is 18.3. The molecule has 2 aliphatic rings. The predicted octanol–water partition coefficient (Wildman–Crippen LogP) is 2.15. The van der Waals surface area contributed by atoms with E-state index in [0.29, 0.717) is 17.2 Å². The Labute approximate surface area is 187 Å². The molecular weight excluding hydrogens is 412 g/mol. The van der Waals surface area contributed by atoms with E-state index in [-0.39, 0.29) is 25.2 Å². The van der Waals surface area contributed by atoms with E-state index in [1.165, 1.54) is 0 Å². The van der Waals surface area contributed by atoms with E-state index < -0.39 is 6.04 Å². The third-order valence-electron chi connectivity index (χ3n) is 5.60. The summed E-state index contributed by atoms with van der Waals surface area (Å²) < 4.78 is 16.0. The number of morpholine rings is 1. The minimum Gasteiger partial charge on any atom is -0.454 e. The van der Waals surface area contributed by atoms with Gasteiger partial charge < -0.3 is 29.7 Å². The molecule has 0 saturated carbocycles. The molecule has 9 heteroatoms. The number of carbonyl (C=O) groups excluding carboxylic acids is 2. The first-order valence-corrected chi connectivity index (χ1v) is 10.6. The minimum atomic E-state index is -0.505. The average molecular weight is 441 g/mol. The van der Waals surface area contributed by atoms with Gasteiger partial charge in [0.25, 0.3) is 0 Å². The molecule has 4 rings (SSSR count). The lowest BCUT2D eigenvalue weighted by Crippen LogP contribution is -2.43. The second-order valence-electron chi connectivity index (χ2n) is 7.84. The Kier molecular flexibility index (Phi) is 6.77. The maximum absolute atomic E-state index is 12.6. The summed E-state index contributed by atoms with van der Waals surface area (Å²) in [5.41, 5.74) is 2.44. The topological polar surface area (TPSA) is 92.4 Å². The molecule has 9 nitrogen and oxygen atoms in total. The summed E-state index contributed by atoms with van der Waals surface area (Å²) in [5.74, 6) is 0.856. The zero-order valence-electron chi connectivity index (χ0n) is 18.3. The van der Waals surface area contributed by atoms with Crippen LogP contribution in [-0.4, -0.2) is 69.4 Å². The highest BCUT2D eigenvalue weighted by Gasteiger charge is 2.21. The third-order valence-corrected chi connectivity index (χ3v) is 5.60. The van der Waals surface area contributed by atoms with Crippen molar-refractivity contribution in [3.8, 4) is 11.5 Å². The number of likely N-dealkylation sites (N-methyl/N-ethyl adjacent to an activating group) is 1. The minimum absolute atomic E-state index is 0.0843. The van der Waals surface area contributed by atoms with Crippen molar-refractivity contribution in [3.63, 3.8) is 0 Å². The summed E-state index contributed by atoms with van der Waals surface area (Å²) in [6, 6.07) is 12.5. The van der Waals surface area contributed by atoms with Gasteiger partial charge in [-0.3, -0.25) is 14.5 Å².